The van der Waals surface area contributed by atoms with Crippen molar-refractivity contribution >= 4 is 17.6 Å². The minimum Gasteiger partial charge on any atom is -0.493 e. The van der Waals surface area contributed by atoms with Crippen LogP contribution in [0.4, 0.5) is 5.69 Å². The van der Waals surface area contributed by atoms with Crippen molar-refractivity contribution < 1.29 is 23.8 Å². The van der Waals surface area contributed by atoms with Gasteiger partial charge in [-0.15, -0.1) is 0 Å². The second-order valence-corrected chi connectivity index (χ2v) is 10.1. The molecule has 0 saturated carbocycles. The number of rotatable bonds is 14. The molecule has 1 aliphatic rings. The molecule has 1 heterocycles. The zero-order chi connectivity index (χ0) is 29.0. The second-order valence-electron chi connectivity index (χ2n) is 10.1. The maximum absolute atomic E-state index is 13.0. The third kappa shape index (κ3) is 8.47. The summed E-state index contributed by atoms with van der Waals surface area (Å²) in [6.45, 7) is 4.53. The Morgan fingerprint density at radius 3 is 2.51 bits per heavy atom. The van der Waals surface area contributed by atoms with Crippen LogP contribution in [0.1, 0.15) is 48.1 Å². The van der Waals surface area contributed by atoms with Gasteiger partial charge >= 0.3 is 5.97 Å². The van der Waals surface area contributed by atoms with E-state index in [1.165, 1.54) is 11.1 Å². The van der Waals surface area contributed by atoms with E-state index in [-0.39, 0.29) is 17.9 Å². The first-order chi connectivity index (χ1) is 20.0. The van der Waals surface area contributed by atoms with E-state index in [2.05, 4.69) is 39.8 Å². The number of esters is 1. The summed E-state index contributed by atoms with van der Waals surface area (Å²) < 4.78 is 16.0. The van der Waals surface area contributed by atoms with Crippen LogP contribution in [-0.4, -0.2) is 57.2 Å². The maximum Gasteiger partial charge on any atom is 0.305 e. The van der Waals surface area contributed by atoms with Crippen LogP contribution in [0.3, 0.4) is 0 Å². The van der Waals surface area contributed by atoms with Crippen molar-refractivity contribution in [2.24, 2.45) is 0 Å². The first-order valence-corrected chi connectivity index (χ1v) is 14.3. The number of benzene rings is 3. The molecule has 0 spiro atoms. The summed E-state index contributed by atoms with van der Waals surface area (Å²) in [5.41, 5.74) is 5.71. The highest BCUT2D eigenvalue weighted by Crippen LogP contribution is 2.36. The quantitative estimate of drug-likeness (QED) is 0.214. The van der Waals surface area contributed by atoms with Gasteiger partial charge in [0, 0.05) is 37.8 Å². The molecule has 0 aliphatic carbocycles. The Hall–Kier alpha value is -4.04. The number of fused-ring (bicyclic) bond motifs is 1. The number of hydrogen-bond donors (Lipinski definition) is 2. The van der Waals surface area contributed by atoms with Gasteiger partial charge in [-0.3, -0.25) is 14.5 Å². The molecule has 8 heteroatoms. The van der Waals surface area contributed by atoms with Gasteiger partial charge < -0.3 is 24.8 Å². The second kappa shape index (κ2) is 15.1. The van der Waals surface area contributed by atoms with Gasteiger partial charge in [0.25, 0.3) is 0 Å². The largest absolute Gasteiger partial charge is 0.493 e. The SMILES string of the molecule is CCOC(=O)CCCNc1ccc2c(c1)CCN(CC(=O)NCc1ccccc1)C2Cc1ccc(OC)c(OC)c1. The minimum absolute atomic E-state index is 0.00880. The third-order valence-electron chi connectivity index (χ3n) is 7.36. The Balaban J connectivity index is 1.48. The molecule has 1 unspecified atom stereocenters. The Morgan fingerprint density at radius 2 is 1.76 bits per heavy atom. The van der Waals surface area contributed by atoms with Crippen molar-refractivity contribution in [2.45, 2.75) is 45.2 Å². The van der Waals surface area contributed by atoms with Gasteiger partial charge in [0.05, 0.1) is 27.4 Å². The highest BCUT2D eigenvalue weighted by atomic mass is 16.5. The summed E-state index contributed by atoms with van der Waals surface area (Å²) in [6, 6.07) is 22.4. The van der Waals surface area contributed by atoms with E-state index in [0.29, 0.717) is 50.6 Å². The molecule has 0 radical (unpaired) electrons. The van der Waals surface area contributed by atoms with Gasteiger partial charge in [0.2, 0.25) is 5.91 Å². The number of anilines is 1. The fourth-order valence-corrected chi connectivity index (χ4v) is 5.27. The highest BCUT2D eigenvalue weighted by molar-refractivity contribution is 5.78. The number of carbonyl (C=O) groups excluding carboxylic acids is 2. The molecule has 41 heavy (non-hydrogen) atoms. The van der Waals surface area contributed by atoms with Crippen molar-refractivity contribution in [3.8, 4) is 11.5 Å². The average Bonchev–Trinajstić information content (AvgIpc) is 3.00. The summed E-state index contributed by atoms with van der Waals surface area (Å²) in [6.07, 6.45) is 2.69. The molecule has 0 fully saturated rings. The van der Waals surface area contributed by atoms with Crippen LogP contribution >= 0.6 is 0 Å². The number of amides is 1. The Labute approximate surface area is 243 Å². The molecule has 1 aliphatic heterocycles. The maximum atomic E-state index is 13.0. The highest BCUT2D eigenvalue weighted by Gasteiger charge is 2.29. The molecule has 0 bridgehead atoms. The lowest BCUT2D eigenvalue weighted by molar-refractivity contribution is -0.143. The van der Waals surface area contributed by atoms with E-state index in [1.54, 1.807) is 14.2 Å². The lowest BCUT2D eigenvalue weighted by atomic mass is 9.88. The van der Waals surface area contributed by atoms with Gasteiger partial charge in [-0.05, 0) is 72.7 Å². The van der Waals surface area contributed by atoms with Crippen molar-refractivity contribution in [1.29, 1.82) is 0 Å². The molecular formula is C33H41N3O5. The smallest absolute Gasteiger partial charge is 0.305 e. The molecule has 1 amide bonds. The molecule has 8 nitrogen and oxygen atoms in total. The number of hydrogen-bond acceptors (Lipinski definition) is 7. The van der Waals surface area contributed by atoms with Crippen LogP contribution in [0.2, 0.25) is 0 Å². The van der Waals surface area contributed by atoms with Gasteiger partial charge in [-0.25, -0.2) is 0 Å². The van der Waals surface area contributed by atoms with Crippen molar-refractivity contribution in [3.05, 3.63) is 89.0 Å². The predicted octanol–water partition coefficient (Wildman–Crippen LogP) is 4.92. The summed E-state index contributed by atoms with van der Waals surface area (Å²) >= 11 is 0. The molecule has 3 aromatic rings. The predicted molar refractivity (Wildman–Crippen MR) is 160 cm³/mol. The number of carbonyl (C=O) groups is 2. The average molecular weight is 560 g/mol. The number of ether oxygens (including phenoxy) is 3. The van der Waals surface area contributed by atoms with E-state index in [0.717, 1.165) is 36.2 Å². The zero-order valence-electron chi connectivity index (χ0n) is 24.3. The number of nitrogens with one attached hydrogen (secondary N) is 2. The van der Waals surface area contributed by atoms with Crippen LogP contribution in [0, 0.1) is 0 Å². The summed E-state index contributed by atoms with van der Waals surface area (Å²) in [7, 11) is 3.27. The van der Waals surface area contributed by atoms with Gasteiger partial charge in [-0.2, -0.15) is 0 Å². The van der Waals surface area contributed by atoms with Gasteiger partial charge in [0.1, 0.15) is 0 Å². The molecule has 4 rings (SSSR count). The number of nitrogens with zero attached hydrogens (tertiary/aromatic N) is 1. The van der Waals surface area contributed by atoms with Crippen LogP contribution in [0.5, 0.6) is 11.5 Å². The topological polar surface area (TPSA) is 89.1 Å². The van der Waals surface area contributed by atoms with Crippen molar-refractivity contribution in [1.82, 2.24) is 10.2 Å². The molecule has 218 valence electrons. The van der Waals surface area contributed by atoms with E-state index >= 15 is 0 Å². The lowest BCUT2D eigenvalue weighted by Crippen LogP contribution is -2.43. The zero-order valence-corrected chi connectivity index (χ0v) is 24.3. The summed E-state index contributed by atoms with van der Waals surface area (Å²) in [4.78, 5) is 26.9. The number of methoxy groups -OCH3 is 2. The molecule has 0 aromatic heterocycles. The molecule has 2 N–H and O–H groups in total. The normalized spacial score (nSPS) is 14.6. The van der Waals surface area contributed by atoms with E-state index in [1.807, 2.05) is 49.4 Å². The molecule has 3 aromatic carbocycles. The van der Waals surface area contributed by atoms with E-state index in [9.17, 15) is 9.59 Å². The van der Waals surface area contributed by atoms with Crippen molar-refractivity contribution in [2.75, 3.05) is 45.8 Å². The minimum atomic E-state index is -0.161. The third-order valence-corrected chi connectivity index (χ3v) is 7.36. The molecule has 0 saturated heterocycles. The van der Waals surface area contributed by atoms with Crippen LogP contribution < -0.4 is 20.1 Å². The Kier molecular flexibility index (Phi) is 11.0. The van der Waals surface area contributed by atoms with E-state index in [4.69, 9.17) is 14.2 Å². The molecular weight excluding hydrogens is 518 g/mol. The van der Waals surface area contributed by atoms with Gasteiger partial charge in [-0.1, -0.05) is 42.5 Å². The first kappa shape index (κ1) is 29.9. The summed E-state index contributed by atoms with van der Waals surface area (Å²) in [5.74, 6) is 1.23. The van der Waals surface area contributed by atoms with Crippen LogP contribution in [-0.2, 0) is 33.7 Å². The van der Waals surface area contributed by atoms with Crippen LogP contribution in [0.25, 0.3) is 0 Å². The fraction of sp³-hybridized carbons (Fsp3) is 0.394. The van der Waals surface area contributed by atoms with Crippen molar-refractivity contribution in [3.63, 3.8) is 0 Å². The molecule has 1 atom stereocenters. The standard InChI is InChI=1S/C33H41N3O5/c1-4-41-33(38)11-8-17-34-27-13-14-28-26(21-27)16-18-36(23-32(37)35-22-24-9-6-5-7-10-24)29(28)19-25-12-15-30(39-2)31(20-25)40-3/h5-7,9-10,12-15,20-21,29,34H,4,8,11,16-19,22-23H2,1-3H3,(H,35,37). The summed E-state index contributed by atoms with van der Waals surface area (Å²) in [5, 5.41) is 6.53. The van der Waals surface area contributed by atoms with Gasteiger partial charge in [0.15, 0.2) is 11.5 Å². The monoisotopic (exact) mass is 559 g/mol. The first-order valence-electron chi connectivity index (χ1n) is 14.3. The van der Waals surface area contributed by atoms with E-state index < -0.39 is 0 Å². The Morgan fingerprint density at radius 1 is 0.951 bits per heavy atom. The fourth-order valence-electron chi connectivity index (χ4n) is 5.27. The van der Waals surface area contributed by atoms with Crippen LogP contribution in [0.15, 0.2) is 66.7 Å². The lowest BCUT2D eigenvalue weighted by Gasteiger charge is -2.37. The Bertz CT molecular complexity index is 1300.